The molecule has 0 aromatic heterocycles. The van der Waals surface area contributed by atoms with Gasteiger partial charge in [-0.3, -0.25) is 14.2 Å². The Labute approximate surface area is 371 Å². The largest absolute Gasteiger partial charge is 0.756 e. The van der Waals surface area contributed by atoms with Crippen LogP contribution in [0.25, 0.3) is 0 Å². The van der Waals surface area contributed by atoms with Crippen LogP contribution in [0.15, 0.2) is 12.2 Å². The van der Waals surface area contributed by atoms with Crippen LogP contribution in [0.4, 0.5) is 0 Å². The molecule has 0 heterocycles. The first-order valence-corrected chi connectivity index (χ1v) is 26.9. The fourth-order valence-corrected chi connectivity index (χ4v) is 8.03. The Kier molecular flexibility index (Phi) is 42.1. The van der Waals surface area contributed by atoms with Crippen molar-refractivity contribution in [3.63, 3.8) is 0 Å². The Morgan fingerprint density at radius 2 is 0.850 bits per heavy atom. The van der Waals surface area contributed by atoms with Gasteiger partial charge in [0, 0.05) is 12.8 Å². The molecule has 0 N–H and O–H groups in total. The molecule has 0 aliphatic rings. The standard InChI is InChI=1S/C50H98NO8P/c1-6-8-10-12-14-16-18-20-22-23-24-25-26-27-29-30-32-34-36-38-40-42-49(52)56-46-48(47-58-60(54,55)57-45-44-51(3,4)5)59-50(53)43-41-39-37-35-33-31-28-21-19-17-15-13-11-9-7-2/h21,28,48H,6-20,22-27,29-47H2,1-5H3/b28-21+/t48-/m0/s1. The molecular formula is C50H98NO8P. The molecular weight excluding hydrogens is 774 g/mol. The van der Waals surface area contributed by atoms with E-state index in [0.29, 0.717) is 17.4 Å². The lowest BCUT2D eigenvalue weighted by Crippen LogP contribution is -2.37. The van der Waals surface area contributed by atoms with Crippen LogP contribution in [0.1, 0.15) is 245 Å². The van der Waals surface area contributed by atoms with Gasteiger partial charge in [-0.2, -0.15) is 0 Å². The number of phosphoric ester groups is 1. The van der Waals surface area contributed by atoms with E-state index in [1.54, 1.807) is 0 Å². The molecule has 0 spiro atoms. The van der Waals surface area contributed by atoms with E-state index in [2.05, 4.69) is 26.0 Å². The van der Waals surface area contributed by atoms with Crippen molar-refractivity contribution in [3.05, 3.63) is 12.2 Å². The molecule has 10 heteroatoms. The van der Waals surface area contributed by atoms with Gasteiger partial charge in [-0.05, 0) is 38.5 Å². The predicted octanol–water partition coefficient (Wildman–Crippen LogP) is 14.3. The minimum absolute atomic E-state index is 0.0291. The molecule has 0 aromatic rings. The van der Waals surface area contributed by atoms with Gasteiger partial charge in [0.1, 0.15) is 19.8 Å². The summed E-state index contributed by atoms with van der Waals surface area (Å²) in [7, 11) is 1.17. The molecule has 9 nitrogen and oxygen atoms in total. The monoisotopic (exact) mass is 872 g/mol. The summed E-state index contributed by atoms with van der Waals surface area (Å²) in [6, 6.07) is 0. The van der Waals surface area contributed by atoms with E-state index in [9.17, 15) is 19.0 Å². The maximum absolute atomic E-state index is 12.7. The van der Waals surface area contributed by atoms with Crippen molar-refractivity contribution in [3.8, 4) is 0 Å². The van der Waals surface area contributed by atoms with Gasteiger partial charge < -0.3 is 27.9 Å². The Balaban J connectivity index is 4.20. The Morgan fingerprint density at radius 3 is 1.23 bits per heavy atom. The highest BCUT2D eigenvalue weighted by atomic mass is 31.2. The molecule has 0 saturated carbocycles. The van der Waals surface area contributed by atoms with Crippen LogP contribution in [-0.2, 0) is 32.7 Å². The third-order valence-electron chi connectivity index (χ3n) is 11.3. The van der Waals surface area contributed by atoms with Crippen LogP contribution in [-0.4, -0.2) is 70.0 Å². The number of likely N-dealkylation sites (N-methyl/N-ethyl adjacent to an activating group) is 1. The molecule has 0 radical (unpaired) electrons. The molecule has 2 atom stereocenters. The van der Waals surface area contributed by atoms with Gasteiger partial charge in [0.15, 0.2) is 6.10 Å². The molecule has 0 amide bonds. The number of esters is 2. The quantitative estimate of drug-likeness (QED) is 0.0195. The van der Waals surface area contributed by atoms with Gasteiger partial charge in [0.25, 0.3) is 7.82 Å². The van der Waals surface area contributed by atoms with E-state index in [1.165, 1.54) is 161 Å². The number of rotatable bonds is 47. The van der Waals surface area contributed by atoms with Crippen LogP contribution in [0, 0.1) is 0 Å². The van der Waals surface area contributed by atoms with Crippen molar-refractivity contribution in [1.82, 2.24) is 0 Å². The van der Waals surface area contributed by atoms with E-state index in [4.69, 9.17) is 18.5 Å². The van der Waals surface area contributed by atoms with Gasteiger partial charge in [-0.15, -0.1) is 0 Å². The van der Waals surface area contributed by atoms with Crippen molar-refractivity contribution in [2.75, 3.05) is 47.5 Å². The number of unbranched alkanes of at least 4 members (excludes halogenated alkanes) is 31. The van der Waals surface area contributed by atoms with Crippen LogP contribution in [0.3, 0.4) is 0 Å². The number of hydrogen-bond acceptors (Lipinski definition) is 8. The maximum Gasteiger partial charge on any atom is 0.306 e. The van der Waals surface area contributed by atoms with Crippen LogP contribution in [0.2, 0.25) is 0 Å². The SMILES string of the molecule is CCCCCCCC/C=C/CCCCCCCC(=O)O[C@@H](COC(=O)CCCCCCCCCCCCCCCCCCCCCCC)COP(=O)([O-])OCC[N+](C)(C)C. The van der Waals surface area contributed by atoms with Gasteiger partial charge in [-0.1, -0.05) is 206 Å². The number of carbonyl (C=O) groups excluding carboxylic acids is 2. The van der Waals surface area contributed by atoms with Crippen LogP contribution >= 0.6 is 7.82 Å². The van der Waals surface area contributed by atoms with Crippen LogP contribution < -0.4 is 4.89 Å². The van der Waals surface area contributed by atoms with Gasteiger partial charge in [0.05, 0.1) is 27.7 Å². The van der Waals surface area contributed by atoms with E-state index < -0.39 is 26.5 Å². The molecule has 0 saturated heterocycles. The van der Waals surface area contributed by atoms with E-state index in [0.717, 1.165) is 51.4 Å². The Hall–Kier alpha value is -1.25. The van der Waals surface area contributed by atoms with Gasteiger partial charge in [-0.25, -0.2) is 0 Å². The molecule has 0 fully saturated rings. The van der Waals surface area contributed by atoms with Crippen molar-refractivity contribution in [2.24, 2.45) is 0 Å². The summed E-state index contributed by atoms with van der Waals surface area (Å²) in [6.45, 7) is 4.26. The highest BCUT2D eigenvalue weighted by Gasteiger charge is 2.21. The number of nitrogens with zero attached hydrogens (tertiary/aromatic N) is 1. The first-order valence-electron chi connectivity index (χ1n) is 25.4. The fraction of sp³-hybridized carbons (Fsp3) is 0.920. The van der Waals surface area contributed by atoms with E-state index >= 15 is 0 Å². The van der Waals surface area contributed by atoms with Crippen molar-refractivity contribution < 1.29 is 42.1 Å². The van der Waals surface area contributed by atoms with Gasteiger partial charge in [0.2, 0.25) is 0 Å². The molecule has 60 heavy (non-hydrogen) atoms. The first kappa shape index (κ1) is 58.8. The second-order valence-corrected chi connectivity index (χ2v) is 20.0. The molecule has 0 bridgehead atoms. The van der Waals surface area contributed by atoms with Crippen molar-refractivity contribution in [2.45, 2.75) is 251 Å². The number of quaternary nitrogens is 1. The number of allylic oxidation sites excluding steroid dienone is 2. The zero-order chi connectivity index (χ0) is 44.3. The molecule has 0 rings (SSSR count). The van der Waals surface area contributed by atoms with Crippen molar-refractivity contribution >= 4 is 19.8 Å². The average Bonchev–Trinajstić information content (AvgIpc) is 3.20. The van der Waals surface area contributed by atoms with Gasteiger partial charge >= 0.3 is 11.9 Å². The third-order valence-corrected chi connectivity index (χ3v) is 12.2. The molecule has 1 unspecified atom stereocenters. The lowest BCUT2D eigenvalue weighted by Gasteiger charge is -2.28. The topological polar surface area (TPSA) is 111 Å². The molecule has 0 aliphatic carbocycles. The lowest BCUT2D eigenvalue weighted by atomic mass is 10.0. The second-order valence-electron chi connectivity index (χ2n) is 18.5. The summed E-state index contributed by atoms with van der Waals surface area (Å²) in [5.74, 6) is -0.830. The Morgan fingerprint density at radius 1 is 0.500 bits per heavy atom. The first-order chi connectivity index (χ1) is 29.0. The minimum atomic E-state index is -4.63. The molecule has 0 aliphatic heterocycles. The number of ether oxygens (including phenoxy) is 2. The third kappa shape index (κ3) is 46.3. The zero-order valence-electron chi connectivity index (χ0n) is 40.2. The molecule has 356 valence electrons. The zero-order valence-corrected chi connectivity index (χ0v) is 41.1. The summed E-state index contributed by atoms with van der Waals surface area (Å²) in [6.07, 6.45) is 46.7. The maximum atomic E-state index is 12.7. The second kappa shape index (κ2) is 43.0. The van der Waals surface area contributed by atoms with E-state index in [-0.39, 0.29) is 32.0 Å². The Bertz CT molecular complexity index is 1030. The summed E-state index contributed by atoms with van der Waals surface area (Å²) in [4.78, 5) is 37.7. The summed E-state index contributed by atoms with van der Waals surface area (Å²) in [5, 5.41) is 0. The number of phosphoric acid groups is 1. The lowest BCUT2D eigenvalue weighted by molar-refractivity contribution is -0.870. The summed E-state index contributed by atoms with van der Waals surface area (Å²) in [5.41, 5.74) is 0. The predicted molar refractivity (Wildman–Crippen MR) is 250 cm³/mol. The average molecular weight is 872 g/mol. The number of hydrogen-bond donors (Lipinski definition) is 0. The van der Waals surface area contributed by atoms with E-state index in [1.807, 2.05) is 21.1 Å². The highest BCUT2D eigenvalue weighted by molar-refractivity contribution is 7.45. The van der Waals surface area contributed by atoms with Crippen molar-refractivity contribution in [1.29, 1.82) is 0 Å². The minimum Gasteiger partial charge on any atom is -0.756 e. The number of carbonyl (C=O) groups is 2. The summed E-state index contributed by atoms with van der Waals surface area (Å²) < 4.78 is 34.0. The summed E-state index contributed by atoms with van der Waals surface area (Å²) >= 11 is 0. The normalized spacial score (nSPS) is 13.5. The highest BCUT2D eigenvalue weighted by Crippen LogP contribution is 2.38. The fourth-order valence-electron chi connectivity index (χ4n) is 7.30. The van der Waals surface area contributed by atoms with Crippen LogP contribution in [0.5, 0.6) is 0 Å². The molecule has 0 aromatic carbocycles. The smallest absolute Gasteiger partial charge is 0.306 e.